The molecule has 0 aromatic heterocycles. The quantitative estimate of drug-likeness (QED) is 0.470. The number of carboxylic acid groups (broad SMARTS) is 1. The maximum Gasteiger partial charge on any atom is 0.334 e. The first-order valence-corrected chi connectivity index (χ1v) is 4.73. The standard InChI is InChI=1S/C9H15NO5/c1-4(2)7(13)9(8(14)15)5(11)3-6(12)10-9/h4-5,7,11,13H,3H2,1-2H3,(H,10,12)(H,14,15)/t5-,7-,9+/m0/s1. The fourth-order valence-corrected chi connectivity index (χ4v) is 1.82. The predicted octanol–water partition coefficient (Wildman–Crippen LogP) is -1.29. The Labute approximate surface area is 86.9 Å². The van der Waals surface area contributed by atoms with Crippen LogP contribution in [0.2, 0.25) is 0 Å². The van der Waals surface area contributed by atoms with Crippen LogP contribution in [0.1, 0.15) is 20.3 Å². The molecule has 1 aliphatic heterocycles. The van der Waals surface area contributed by atoms with Crippen molar-refractivity contribution in [1.82, 2.24) is 5.32 Å². The lowest BCUT2D eigenvalue weighted by Crippen LogP contribution is -2.64. The molecule has 0 saturated carbocycles. The maximum absolute atomic E-state index is 11.1. The van der Waals surface area contributed by atoms with Gasteiger partial charge in [0.25, 0.3) is 0 Å². The molecular weight excluding hydrogens is 202 g/mol. The highest BCUT2D eigenvalue weighted by molar-refractivity contribution is 5.92. The average molecular weight is 217 g/mol. The molecule has 6 heteroatoms. The number of hydrogen-bond donors (Lipinski definition) is 4. The van der Waals surface area contributed by atoms with Crippen molar-refractivity contribution in [2.75, 3.05) is 0 Å². The minimum atomic E-state index is -1.97. The molecule has 1 saturated heterocycles. The fraction of sp³-hybridized carbons (Fsp3) is 0.778. The second-order valence-corrected chi connectivity index (χ2v) is 4.13. The van der Waals surface area contributed by atoms with Gasteiger partial charge in [-0.25, -0.2) is 4.79 Å². The van der Waals surface area contributed by atoms with Crippen LogP contribution in [0.4, 0.5) is 0 Å². The molecule has 0 spiro atoms. The molecule has 1 amide bonds. The Bertz CT molecular complexity index is 290. The van der Waals surface area contributed by atoms with Gasteiger partial charge in [0.05, 0.1) is 18.6 Å². The van der Waals surface area contributed by atoms with Crippen LogP contribution in [0.25, 0.3) is 0 Å². The van der Waals surface area contributed by atoms with E-state index in [1.54, 1.807) is 13.8 Å². The molecule has 0 unspecified atom stereocenters. The molecule has 0 aromatic carbocycles. The smallest absolute Gasteiger partial charge is 0.334 e. The third-order valence-electron chi connectivity index (χ3n) is 2.70. The molecule has 0 aromatic rings. The van der Waals surface area contributed by atoms with Crippen molar-refractivity contribution in [3.63, 3.8) is 0 Å². The molecule has 0 radical (unpaired) electrons. The molecule has 86 valence electrons. The number of hydrogen-bond acceptors (Lipinski definition) is 4. The van der Waals surface area contributed by atoms with E-state index in [4.69, 9.17) is 5.11 Å². The Hall–Kier alpha value is -1.14. The number of aliphatic carboxylic acids is 1. The summed E-state index contributed by atoms with van der Waals surface area (Å²) in [6, 6.07) is 0. The Morgan fingerprint density at radius 3 is 2.40 bits per heavy atom. The lowest BCUT2D eigenvalue weighted by atomic mass is 9.82. The van der Waals surface area contributed by atoms with Gasteiger partial charge >= 0.3 is 5.97 Å². The van der Waals surface area contributed by atoms with Gasteiger partial charge in [-0.2, -0.15) is 0 Å². The summed E-state index contributed by atoms with van der Waals surface area (Å²) in [7, 11) is 0. The Kier molecular flexibility index (Phi) is 3.01. The van der Waals surface area contributed by atoms with Crippen LogP contribution in [0, 0.1) is 5.92 Å². The zero-order valence-corrected chi connectivity index (χ0v) is 8.60. The number of carbonyl (C=O) groups is 2. The van der Waals surface area contributed by atoms with Crippen molar-refractivity contribution < 1.29 is 24.9 Å². The van der Waals surface area contributed by atoms with Crippen molar-refractivity contribution in [1.29, 1.82) is 0 Å². The zero-order chi connectivity index (χ0) is 11.8. The summed E-state index contributed by atoms with van der Waals surface area (Å²) in [6.07, 6.45) is -3.02. The summed E-state index contributed by atoms with van der Waals surface area (Å²) in [5.41, 5.74) is -1.97. The normalized spacial score (nSPS) is 32.9. The van der Waals surface area contributed by atoms with E-state index >= 15 is 0 Å². The highest BCUT2D eigenvalue weighted by Crippen LogP contribution is 2.28. The lowest BCUT2D eigenvalue weighted by Gasteiger charge is -2.34. The topological polar surface area (TPSA) is 107 Å². The predicted molar refractivity (Wildman–Crippen MR) is 50.0 cm³/mol. The van der Waals surface area contributed by atoms with E-state index in [9.17, 15) is 19.8 Å². The molecule has 1 rings (SSSR count). The van der Waals surface area contributed by atoms with Crippen molar-refractivity contribution in [3.05, 3.63) is 0 Å². The first-order valence-electron chi connectivity index (χ1n) is 4.73. The van der Waals surface area contributed by atoms with Gasteiger partial charge < -0.3 is 20.6 Å². The van der Waals surface area contributed by atoms with Crippen molar-refractivity contribution in [2.45, 2.75) is 38.0 Å². The van der Waals surface area contributed by atoms with Gasteiger partial charge in [-0.3, -0.25) is 4.79 Å². The number of carbonyl (C=O) groups excluding carboxylic acids is 1. The molecule has 1 heterocycles. The number of rotatable bonds is 3. The third-order valence-corrected chi connectivity index (χ3v) is 2.70. The summed E-state index contributed by atoms with van der Waals surface area (Å²) in [5.74, 6) is -2.36. The summed E-state index contributed by atoms with van der Waals surface area (Å²) < 4.78 is 0. The fourth-order valence-electron chi connectivity index (χ4n) is 1.82. The van der Waals surface area contributed by atoms with E-state index < -0.39 is 29.6 Å². The molecule has 4 N–H and O–H groups in total. The first kappa shape index (κ1) is 11.9. The van der Waals surface area contributed by atoms with E-state index in [-0.39, 0.29) is 12.3 Å². The molecule has 0 bridgehead atoms. The summed E-state index contributed by atoms with van der Waals surface area (Å²) >= 11 is 0. The number of amides is 1. The van der Waals surface area contributed by atoms with Crippen LogP contribution in [0.5, 0.6) is 0 Å². The lowest BCUT2D eigenvalue weighted by molar-refractivity contribution is -0.158. The Morgan fingerprint density at radius 2 is 2.13 bits per heavy atom. The van der Waals surface area contributed by atoms with Crippen LogP contribution < -0.4 is 5.32 Å². The number of aliphatic hydroxyl groups is 2. The summed E-state index contributed by atoms with van der Waals surface area (Å²) in [4.78, 5) is 22.1. The average Bonchev–Trinajstić information content (AvgIpc) is 2.40. The maximum atomic E-state index is 11.1. The van der Waals surface area contributed by atoms with E-state index in [1.165, 1.54) is 0 Å². The van der Waals surface area contributed by atoms with Crippen LogP contribution in [-0.4, -0.2) is 44.9 Å². The molecule has 15 heavy (non-hydrogen) atoms. The number of nitrogens with one attached hydrogen (secondary N) is 1. The first-order chi connectivity index (χ1) is 6.82. The van der Waals surface area contributed by atoms with Gasteiger partial charge in [-0.15, -0.1) is 0 Å². The Balaban J connectivity index is 3.09. The highest BCUT2D eigenvalue weighted by atomic mass is 16.4. The second kappa shape index (κ2) is 3.79. The molecule has 0 aliphatic carbocycles. The zero-order valence-electron chi connectivity index (χ0n) is 8.60. The second-order valence-electron chi connectivity index (χ2n) is 4.13. The van der Waals surface area contributed by atoms with Crippen LogP contribution >= 0.6 is 0 Å². The van der Waals surface area contributed by atoms with Crippen LogP contribution in [0.15, 0.2) is 0 Å². The minimum absolute atomic E-state index is 0.296. The Morgan fingerprint density at radius 1 is 1.60 bits per heavy atom. The van der Waals surface area contributed by atoms with Crippen molar-refractivity contribution in [3.8, 4) is 0 Å². The van der Waals surface area contributed by atoms with Crippen molar-refractivity contribution in [2.24, 2.45) is 5.92 Å². The van der Waals surface area contributed by atoms with Crippen molar-refractivity contribution >= 4 is 11.9 Å². The van der Waals surface area contributed by atoms with E-state index in [0.717, 1.165) is 0 Å². The van der Waals surface area contributed by atoms with Gasteiger partial charge in [0.15, 0.2) is 5.54 Å². The van der Waals surface area contributed by atoms with Crippen LogP contribution in [0.3, 0.4) is 0 Å². The molecule has 3 atom stereocenters. The number of aliphatic hydroxyl groups excluding tert-OH is 2. The highest BCUT2D eigenvalue weighted by Gasteiger charge is 2.57. The molecule has 1 fully saturated rings. The van der Waals surface area contributed by atoms with Gasteiger partial charge in [0.2, 0.25) is 5.91 Å². The van der Waals surface area contributed by atoms with E-state index in [2.05, 4.69) is 5.32 Å². The molecule has 6 nitrogen and oxygen atoms in total. The van der Waals surface area contributed by atoms with E-state index in [0.29, 0.717) is 0 Å². The van der Waals surface area contributed by atoms with Gasteiger partial charge in [-0.05, 0) is 5.92 Å². The van der Waals surface area contributed by atoms with Gasteiger partial charge in [0.1, 0.15) is 0 Å². The SMILES string of the molecule is CC(C)[C@H](O)[C@]1(C(=O)O)NC(=O)C[C@@H]1O. The molecular formula is C9H15NO5. The monoisotopic (exact) mass is 217 g/mol. The molecule has 1 aliphatic rings. The third kappa shape index (κ3) is 1.70. The largest absolute Gasteiger partial charge is 0.479 e. The summed E-state index contributed by atoms with van der Waals surface area (Å²) in [5, 5.41) is 30.6. The number of carboxylic acids is 1. The summed E-state index contributed by atoms with van der Waals surface area (Å²) in [6.45, 7) is 3.24. The van der Waals surface area contributed by atoms with Gasteiger partial charge in [-0.1, -0.05) is 13.8 Å². The minimum Gasteiger partial charge on any atom is -0.479 e. The van der Waals surface area contributed by atoms with E-state index in [1.807, 2.05) is 0 Å². The van der Waals surface area contributed by atoms with Gasteiger partial charge in [0, 0.05) is 0 Å². The van der Waals surface area contributed by atoms with Crippen LogP contribution in [-0.2, 0) is 9.59 Å².